The quantitative estimate of drug-likeness (QED) is 0.835. The van der Waals surface area contributed by atoms with E-state index in [2.05, 4.69) is 4.98 Å². The number of hydrogen-bond acceptors (Lipinski definition) is 2. The van der Waals surface area contributed by atoms with Gasteiger partial charge in [-0.25, -0.2) is 4.39 Å². The monoisotopic (exact) mass is 242 g/mol. The number of nitrogens with two attached hydrogens (primary N) is 1. The molecule has 0 amide bonds. The van der Waals surface area contributed by atoms with Gasteiger partial charge in [0.05, 0.1) is 11.2 Å². The van der Waals surface area contributed by atoms with Gasteiger partial charge in [0.2, 0.25) is 0 Å². The highest BCUT2D eigenvalue weighted by molar-refractivity contribution is 5.43. The third-order valence-corrected chi connectivity index (χ3v) is 3.79. The summed E-state index contributed by atoms with van der Waals surface area (Å²) in [6.07, 6.45) is 3.42. The van der Waals surface area contributed by atoms with Crippen LogP contribution in [-0.4, -0.2) is 4.98 Å². The summed E-state index contributed by atoms with van der Waals surface area (Å²) in [4.78, 5) is 4.39. The fourth-order valence-electron chi connectivity index (χ4n) is 2.64. The van der Waals surface area contributed by atoms with Crippen molar-refractivity contribution in [1.29, 1.82) is 0 Å². The van der Waals surface area contributed by atoms with E-state index in [-0.39, 0.29) is 5.82 Å². The van der Waals surface area contributed by atoms with E-state index in [1.54, 1.807) is 25.3 Å². The number of pyridine rings is 1. The van der Waals surface area contributed by atoms with Crippen LogP contribution in [0.3, 0.4) is 0 Å². The highest BCUT2D eigenvalue weighted by Gasteiger charge is 2.38. The van der Waals surface area contributed by atoms with Crippen LogP contribution >= 0.6 is 0 Å². The maximum absolute atomic E-state index is 13.7. The average Bonchev–Trinajstić information content (AvgIpc) is 2.73. The van der Waals surface area contributed by atoms with Crippen molar-refractivity contribution in [2.75, 3.05) is 0 Å². The molecule has 2 nitrogen and oxygen atoms in total. The van der Waals surface area contributed by atoms with Gasteiger partial charge in [-0.3, -0.25) is 4.98 Å². The summed E-state index contributed by atoms with van der Waals surface area (Å²) in [5, 5.41) is 0. The highest BCUT2D eigenvalue weighted by Crippen LogP contribution is 2.38. The van der Waals surface area contributed by atoms with E-state index in [1.807, 2.05) is 18.2 Å². The molecule has 18 heavy (non-hydrogen) atoms. The molecule has 1 heterocycles. The Bertz CT molecular complexity index is 609. The van der Waals surface area contributed by atoms with Gasteiger partial charge in [0, 0.05) is 6.20 Å². The number of aromatic nitrogens is 1. The predicted molar refractivity (Wildman–Crippen MR) is 68.7 cm³/mol. The molecule has 92 valence electrons. The molecule has 2 N–H and O–H groups in total. The zero-order valence-corrected chi connectivity index (χ0v) is 10.3. The molecule has 0 unspecified atom stereocenters. The lowest BCUT2D eigenvalue weighted by Crippen LogP contribution is -2.36. The summed E-state index contributed by atoms with van der Waals surface area (Å²) in [7, 11) is 0. The van der Waals surface area contributed by atoms with Gasteiger partial charge >= 0.3 is 0 Å². The minimum atomic E-state index is -0.648. The molecule has 0 aliphatic heterocycles. The van der Waals surface area contributed by atoms with Crippen molar-refractivity contribution in [1.82, 2.24) is 4.98 Å². The number of benzene rings is 1. The molecule has 2 aromatic rings. The first-order valence-electron chi connectivity index (χ1n) is 6.11. The molecule has 3 rings (SSSR count). The number of rotatable bonds is 1. The maximum atomic E-state index is 13.7. The summed E-state index contributed by atoms with van der Waals surface area (Å²) in [6.45, 7) is 1.75. The van der Waals surface area contributed by atoms with Gasteiger partial charge in [0.15, 0.2) is 0 Å². The average molecular weight is 242 g/mol. The van der Waals surface area contributed by atoms with Gasteiger partial charge in [-0.2, -0.15) is 0 Å². The lowest BCUT2D eigenvalue weighted by Gasteiger charge is -2.25. The second kappa shape index (κ2) is 3.89. The normalized spacial score (nSPS) is 21.9. The zero-order valence-electron chi connectivity index (χ0n) is 10.3. The van der Waals surface area contributed by atoms with E-state index >= 15 is 0 Å². The van der Waals surface area contributed by atoms with Crippen molar-refractivity contribution in [3.05, 3.63) is 64.7 Å². The van der Waals surface area contributed by atoms with E-state index in [0.29, 0.717) is 5.56 Å². The van der Waals surface area contributed by atoms with Gasteiger partial charge in [-0.15, -0.1) is 0 Å². The molecular formula is C15H15FN2. The minimum Gasteiger partial charge on any atom is -0.316 e. The van der Waals surface area contributed by atoms with Gasteiger partial charge in [-0.1, -0.05) is 18.2 Å². The van der Waals surface area contributed by atoms with Crippen molar-refractivity contribution in [3.63, 3.8) is 0 Å². The van der Waals surface area contributed by atoms with E-state index in [1.165, 1.54) is 5.56 Å². The predicted octanol–water partition coefficient (Wildman–Crippen LogP) is 2.68. The highest BCUT2D eigenvalue weighted by atomic mass is 19.1. The molecule has 0 saturated heterocycles. The maximum Gasteiger partial charge on any atom is 0.126 e. The number of fused-ring (bicyclic) bond motifs is 1. The van der Waals surface area contributed by atoms with Gasteiger partial charge < -0.3 is 5.73 Å². The SMILES string of the molecule is Cc1ccc([C@@]2(N)CCc3cccnc32)cc1F. The summed E-state index contributed by atoms with van der Waals surface area (Å²) in [5.74, 6) is -0.207. The lowest BCUT2D eigenvalue weighted by atomic mass is 9.87. The Morgan fingerprint density at radius 1 is 1.33 bits per heavy atom. The van der Waals surface area contributed by atoms with E-state index in [0.717, 1.165) is 24.1 Å². The van der Waals surface area contributed by atoms with E-state index in [9.17, 15) is 4.39 Å². The smallest absolute Gasteiger partial charge is 0.126 e. The van der Waals surface area contributed by atoms with Crippen molar-refractivity contribution in [2.24, 2.45) is 5.73 Å². The first-order chi connectivity index (χ1) is 8.61. The standard InChI is InChI=1S/C15H15FN2/c1-10-4-5-12(9-13(10)16)15(17)7-6-11-3-2-8-18-14(11)15/h2-5,8-9H,6-7,17H2,1H3/t15-/m0/s1. The van der Waals surface area contributed by atoms with E-state index in [4.69, 9.17) is 5.73 Å². The summed E-state index contributed by atoms with van der Waals surface area (Å²) in [6, 6.07) is 9.18. The first-order valence-corrected chi connectivity index (χ1v) is 6.11. The molecule has 1 aromatic carbocycles. The van der Waals surface area contributed by atoms with Crippen LogP contribution < -0.4 is 5.73 Å². The van der Waals surface area contributed by atoms with Gasteiger partial charge in [-0.05, 0) is 48.6 Å². The first kappa shape index (κ1) is 11.4. The molecule has 0 radical (unpaired) electrons. The van der Waals surface area contributed by atoms with Crippen LogP contribution in [0.15, 0.2) is 36.5 Å². The Kier molecular flexibility index (Phi) is 2.45. The fourth-order valence-corrected chi connectivity index (χ4v) is 2.64. The molecule has 0 fully saturated rings. The Hall–Kier alpha value is -1.74. The lowest BCUT2D eigenvalue weighted by molar-refractivity contribution is 0.514. The van der Waals surface area contributed by atoms with Crippen LogP contribution in [0.5, 0.6) is 0 Å². The largest absolute Gasteiger partial charge is 0.316 e. The molecular weight excluding hydrogens is 227 g/mol. The van der Waals surface area contributed by atoms with Crippen molar-refractivity contribution < 1.29 is 4.39 Å². The minimum absolute atomic E-state index is 0.207. The number of halogens is 1. The second-order valence-electron chi connectivity index (χ2n) is 4.95. The third kappa shape index (κ3) is 1.55. The Labute approximate surface area is 106 Å². The topological polar surface area (TPSA) is 38.9 Å². The van der Waals surface area contributed by atoms with Crippen LogP contribution in [0.4, 0.5) is 4.39 Å². The number of aryl methyl sites for hydroxylation is 2. The molecule has 1 aliphatic rings. The van der Waals surface area contributed by atoms with Crippen LogP contribution in [0.1, 0.15) is 28.8 Å². The van der Waals surface area contributed by atoms with Gasteiger partial charge in [0.25, 0.3) is 0 Å². The van der Waals surface area contributed by atoms with Crippen molar-refractivity contribution >= 4 is 0 Å². The number of hydrogen-bond donors (Lipinski definition) is 1. The molecule has 1 aliphatic carbocycles. The van der Waals surface area contributed by atoms with Crippen LogP contribution in [-0.2, 0) is 12.0 Å². The second-order valence-corrected chi connectivity index (χ2v) is 4.95. The third-order valence-electron chi connectivity index (χ3n) is 3.79. The molecule has 0 spiro atoms. The molecule has 3 heteroatoms. The Morgan fingerprint density at radius 2 is 2.17 bits per heavy atom. The van der Waals surface area contributed by atoms with Crippen LogP contribution in [0.2, 0.25) is 0 Å². The fraction of sp³-hybridized carbons (Fsp3) is 0.267. The Balaban J connectivity index is 2.14. The summed E-state index contributed by atoms with van der Waals surface area (Å²) < 4.78 is 13.7. The summed E-state index contributed by atoms with van der Waals surface area (Å²) in [5.41, 5.74) is 9.33. The molecule has 1 atom stereocenters. The Morgan fingerprint density at radius 3 is 2.94 bits per heavy atom. The molecule has 0 bridgehead atoms. The van der Waals surface area contributed by atoms with Crippen LogP contribution in [0.25, 0.3) is 0 Å². The van der Waals surface area contributed by atoms with E-state index < -0.39 is 5.54 Å². The number of nitrogens with zero attached hydrogens (tertiary/aromatic N) is 1. The molecule has 1 aromatic heterocycles. The molecule has 0 saturated carbocycles. The van der Waals surface area contributed by atoms with Crippen molar-refractivity contribution in [2.45, 2.75) is 25.3 Å². The zero-order chi connectivity index (χ0) is 12.8. The van der Waals surface area contributed by atoms with Gasteiger partial charge in [0.1, 0.15) is 5.82 Å². The van der Waals surface area contributed by atoms with Crippen LogP contribution in [0, 0.1) is 12.7 Å². The summed E-state index contributed by atoms with van der Waals surface area (Å²) >= 11 is 0. The van der Waals surface area contributed by atoms with Crippen molar-refractivity contribution in [3.8, 4) is 0 Å².